The van der Waals surface area contributed by atoms with Gasteiger partial charge in [0.25, 0.3) is 5.91 Å². The molecule has 96 valence electrons. The Balaban J connectivity index is 2.63. The van der Waals surface area contributed by atoms with Crippen molar-refractivity contribution in [3.8, 4) is 0 Å². The van der Waals surface area contributed by atoms with Gasteiger partial charge in [0.2, 0.25) is 0 Å². The average molecular weight is 255 g/mol. The molecule has 1 rings (SSSR count). The number of unbranched alkanes of at least 4 members (excludes halogenated alkanes) is 2. The highest BCUT2D eigenvalue weighted by Crippen LogP contribution is 2.18. The zero-order chi connectivity index (χ0) is 12.7. The van der Waals surface area contributed by atoms with Gasteiger partial charge in [-0.3, -0.25) is 4.79 Å². The Morgan fingerprint density at radius 3 is 2.71 bits per heavy atom. The lowest BCUT2D eigenvalue weighted by Gasteiger charge is -2.21. The lowest BCUT2D eigenvalue weighted by Crippen LogP contribution is -2.34. The lowest BCUT2D eigenvalue weighted by molar-refractivity contribution is 0.0723. The Bertz CT molecular complexity index is 349. The second kappa shape index (κ2) is 7.45. The Morgan fingerprint density at radius 2 is 2.18 bits per heavy atom. The first kappa shape index (κ1) is 14.2. The van der Waals surface area contributed by atoms with Crippen molar-refractivity contribution in [2.75, 3.05) is 19.7 Å². The number of aryl methyl sites for hydroxylation is 1. The third kappa shape index (κ3) is 4.13. The van der Waals surface area contributed by atoms with Crippen LogP contribution in [-0.2, 0) is 0 Å². The maximum Gasteiger partial charge on any atom is 0.264 e. The summed E-state index contributed by atoms with van der Waals surface area (Å²) in [6, 6.07) is 1.96. The molecular formula is C13H21NO2S. The maximum atomic E-state index is 12.2. The van der Waals surface area contributed by atoms with Gasteiger partial charge in [0.1, 0.15) is 0 Å². The predicted molar refractivity (Wildman–Crippen MR) is 71.6 cm³/mol. The molecule has 0 aromatic carbocycles. The molecule has 4 heteroatoms. The topological polar surface area (TPSA) is 40.5 Å². The van der Waals surface area contributed by atoms with E-state index in [9.17, 15) is 4.79 Å². The second-order valence-corrected chi connectivity index (χ2v) is 5.07. The minimum Gasteiger partial charge on any atom is -0.395 e. The van der Waals surface area contributed by atoms with Crippen molar-refractivity contribution >= 4 is 17.2 Å². The number of carbonyl (C=O) groups excluding carboxylic acids is 1. The molecule has 0 saturated carbocycles. The Labute approximate surface area is 107 Å². The first-order valence-corrected chi connectivity index (χ1v) is 7.03. The molecule has 0 aliphatic rings. The van der Waals surface area contributed by atoms with Crippen LogP contribution in [0.2, 0.25) is 0 Å². The fourth-order valence-electron chi connectivity index (χ4n) is 1.72. The number of aliphatic hydroxyl groups is 1. The van der Waals surface area contributed by atoms with Gasteiger partial charge in [-0.2, -0.15) is 0 Å². The van der Waals surface area contributed by atoms with E-state index >= 15 is 0 Å². The van der Waals surface area contributed by atoms with Gasteiger partial charge < -0.3 is 10.0 Å². The quantitative estimate of drug-likeness (QED) is 0.761. The monoisotopic (exact) mass is 255 g/mol. The lowest BCUT2D eigenvalue weighted by atomic mass is 10.2. The highest BCUT2D eigenvalue weighted by atomic mass is 32.1. The Kier molecular flexibility index (Phi) is 6.22. The largest absolute Gasteiger partial charge is 0.395 e. The summed E-state index contributed by atoms with van der Waals surface area (Å²) in [4.78, 5) is 14.8. The Morgan fingerprint density at radius 1 is 1.41 bits per heavy atom. The zero-order valence-corrected chi connectivity index (χ0v) is 11.4. The molecule has 0 fully saturated rings. The van der Waals surface area contributed by atoms with Crippen LogP contribution in [0, 0.1) is 6.92 Å². The van der Waals surface area contributed by atoms with E-state index in [2.05, 4.69) is 6.92 Å². The number of thiophene rings is 1. The smallest absolute Gasteiger partial charge is 0.264 e. The predicted octanol–water partition coefficient (Wildman–Crippen LogP) is 2.68. The molecule has 0 aliphatic heterocycles. The summed E-state index contributed by atoms with van der Waals surface area (Å²) in [5.41, 5.74) is 1.03. The first-order chi connectivity index (χ1) is 8.20. The first-order valence-electron chi connectivity index (χ1n) is 6.15. The normalized spacial score (nSPS) is 10.5. The fraction of sp³-hybridized carbons (Fsp3) is 0.615. The van der Waals surface area contributed by atoms with Crippen molar-refractivity contribution in [3.05, 3.63) is 21.9 Å². The van der Waals surface area contributed by atoms with Crippen molar-refractivity contribution in [2.45, 2.75) is 33.1 Å². The van der Waals surface area contributed by atoms with Crippen LogP contribution in [0.3, 0.4) is 0 Å². The number of aliphatic hydroxyl groups excluding tert-OH is 1. The molecule has 1 N–H and O–H groups in total. The van der Waals surface area contributed by atoms with Crippen molar-refractivity contribution in [1.82, 2.24) is 4.90 Å². The van der Waals surface area contributed by atoms with E-state index in [1.807, 2.05) is 18.4 Å². The third-order valence-corrected chi connectivity index (χ3v) is 3.75. The summed E-state index contributed by atoms with van der Waals surface area (Å²) < 4.78 is 0. The fourth-order valence-corrected chi connectivity index (χ4v) is 2.62. The van der Waals surface area contributed by atoms with Crippen LogP contribution in [0.1, 0.15) is 41.4 Å². The SMILES string of the molecule is CCCCCN(CCO)C(=O)c1sccc1C. The molecule has 3 nitrogen and oxygen atoms in total. The number of carbonyl (C=O) groups is 1. The van der Waals surface area contributed by atoms with Gasteiger partial charge in [0.05, 0.1) is 11.5 Å². The van der Waals surface area contributed by atoms with E-state index in [0.717, 1.165) is 36.2 Å². The van der Waals surface area contributed by atoms with Crippen LogP contribution in [0.5, 0.6) is 0 Å². The maximum absolute atomic E-state index is 12.2. The van der Waals surface area contributed by atoms with Gasteiger partial charge in [-0.1, -0.05) is 19.8 Å². The molecule has 0 radical (unpaired) electrons. The van der Waals surface area contributed by atoms with Crippen LogP contribution < -0.4 is 0 Å². The van der Waals surface area contributed by atoms with Gasteiger partial charge in [0.15, 0.2) is 0 Å². The molecule has 1 aromatic rings. The van der Waals surface area contributed by atoms with E-state index in [0.29, 0.717) is 6.54 Å². The van der Waals surface area contributed by atoms with Gasteiger partial charge in [-0.25, -0.2) is 0 Å². The van der Waals surface area contributed by atoms with Crippen LogP contribution in [0.4, 0.5) is 0 Å². The van der Waals surface area contributed by atoms with Gasteiger partial charge in [-0.05, 0) is 30.4 Å². The van der Waals surface area contributed by atoms with Crippen LogP contribution in [0.25, 0.3) is 0 Å². The molecular weight excluding hydrogens is 234 g/mol. The van der Waals surface area contributed by atoms with Gasteiger partial charge >= 0.3 is 0 Å². The minimum absolute atomic E-state index is 0.0300. The van der Waals surface area contributed by atoms with E-state index in [-0.39, 0.29) is 12.5 Å². The molecule has 0 spiro atoms. The summed E-state index contributed by atoms with van der Waals surface area (Å²) in [7, 11) is 0. The molecule has 0 aliphatic carbocycles. The minimum atomic E-state index is 0.0300. The number of hydrogen-bond acceptors (Lipinski definition) is 3. The van der Waals surface area contributed by atoms with Crippen LogP contribution >= 0.6 is 11.3 Å². The second-order valence-electron chi connectivity index (χ2n) is 4.16. The highest BCUT2D eigenvalue weighted by Gasteiger charge is 2.17. The molecule has 1 amide bonds. The average Bonchev–Trinajstić information content (AvgIpc) is 2.74. The molecule has 0 bridgehead atoms. The molecule has 1 heterocycles. The van der Waals surface area contributed by atoms with E-state index < -0.39 is 0 Å². The van der Waals surface area contributed by atoms with Gasteiger partial charge in [0, 0.05) is 13.1 Å². The van der Waals surface area contributed by atoms with Crippen molar-refractivity contribution in [1.29, 1.82) is 0 Å². The van der Waals surface area contributed by atoms with E-state index in [1.54, 1.807) is 4.90 Å². The third-order valence-electron chi connectivity index (χ3n) is 2.75. The molecule has 0 saturated heterocycles. The summed E-state index contributed by atoms with van der Waals surface area (Å²) in [5.74, 6) is 0.0580. The summed E-state index contributed by atoms with van der Waals surface area (Å²) in [6.07, 6.45) is 3.27. The van der Waals surface area contributed by atoms with E-state index in [4.69, 9.17) is 5.11 Å². The molecule has 0 unspecified atom stereocenters. The number of rotatable bonds is 7. The van der Waals surface area contributed by atoms with Crippen molar-refractivity contribution < 1.29 is 9.90 Å². The summed E-state index contributed by atoms with van der Waals surface area (Å²) >= 11 is 1.48. The highest BCUT2D eigenvalue weighted by molar-refractivity contribution is 7.12. The summed E-state index contributed by atoms with van der Waals surface area (Å²) in [5, 5.41) is 11.0. The van der Waals surface area contributed by atoms with Crippen LogP contribution in [-0.4, -0.2) is 35.6 Å². The van der Waals surface area contributed by atoms with Crippen molar-refractivity contribution in [2.24, 2.45) is 0 Å². The van der Waals surface area contributed by atoms with Gasteiger partial charge in [-0.15, -0.1) is 11.3 Å². The number of amides is 1. The summed E-state index contributed by atoms with van der Waals surface area (Å²) in [6.45, 7) is 5.29. The standard InChI is InChI=1S/C13H21NO2S/c1-3-4-5-7-14(8-9-15)13(16)12-11(2)6-10-17-12/h6,10,15H,3-5,7-9H2,1-2H3. The Hall–Kier alpha value is -0.870. The van der Waals surface area contributed by atoms with E-state index in [1.165, 1.54) is 11.3 Å². The molecule has 0 atom stereocenters. The van der Waals surface area contributed by atoms with Crippen molar-refractivity contribution in [3.63, 3.8) is 0 Å². The number of nitrogens with zero attached hydrogens (tertiary/aromatic N) is 1. The molecule has 17 heavy (non-hydrogen) atoms. The number of hydrogen-bond donors (Lipinski definition) is 1. The molecule has 1 aromatic heterocycles. The van der Waals surface area contributed by atoms with Crippen LogP contribution in [0.15, 0.2) is 11.4 Å². The zero-order valence-electron chi connectivity index (χ0n) is 10.6.